The molecule has 0 saturated carbocycles. The fourth-order valence-electron chi connectivity index (χ4n) is 3.49. The summed E-state index contributed by atoms with van der Waals surface area (Å²) in [5.41, 5.74) is 3.97. The molecule has 2 aromatic rings. The van der Waals surface area contributed by atoms with Crippen LogP contribution >= 0.6 is 0 Å². The van der Waals surface area contributed by atoms with Crippen LogP contribution in [0.25, 0.3) is 0 Å². The highest BCUT2D eigenvalue weighted by atomic mass is 16.5. The van der Waals surface area contributed by atoms with Crippen LogP contribution in [0.4, 0.5) is 5.69 Å². The zero-order chi connectivity index (χ0) is 16.2. The molecular formula is C20H26N2O. The smallest absolute Gasteiger partial charge is 0.119 e. The van der Waals surface area contributed by atoms with Crippen LogP contribution in [0.5, 0.6) is 5.75 Å². The molecule has 2 unspecified atom stereocenters. The van der Waals surface area contributed by atoms with E-state index in [2.05, 4.69) is 66.8 Å². The van der Waals surface area contributed by atoms with E-state index < -0.39 is 0 Å². The minimum Gasteiger partial charge on any atom is -0.497 e. The molecule has 0 bridgehead atoms. The minimum absolute atomic E-state index is 0.392. The molecule has 2 aromatic carbocycles. The summed E-state index contributed by atoms with van der Waals surface area (Å²) in [4.78, 5) is 2.25. The fraction of sp³-hybridized carbons (Fsp3) is 0.400. The largest absolute Gasteiger partial charge is 0.497 e. The summed E-state index contributed by atoms with van der Waals surface area (Å²) in [5.74, 6) is 1.32. The van der Waals surface area contributed by atoms with Gasteiger partial charge in [-0.2, -0.15) is 0 Å². The van der Waals surface area contributed by atoms with Crippen LogP contribution in [0.3, 0.4) is 0 Å². The van der Waals surface area contributed by atoms with Crippen molar-refractivity contribution in [2.75, 3.05) is 33.1 Å². The number of nitrogens with one attached hydrogen (secondary N) is 1. The molecule has 0 radical (unpaired) electrons. The lowest BCUT2D eigenvalue weighted by Gasteiger charge is -2.22. The zero-order valence-electron chi connectivity index (χ0n) is 14.3. The predicted molar refractivity (Wildman–Crippen MR) is 96.5 cm³/mol. The molecule has 3 nitrogen and oxygen atoms in total. The molecule has 3 rings (SSSR count). The summed E-state index contributed by atoms with van der Waals surface area (Å²) in [6, 6.07) is 17.6. The number of fused-ring (bicyclic) bond motifs is 1. The third-order valence-electron chi connectivity index (χ3n) is 4.62. The maximum atomic E-state index is 5.44. The van der Waals surface area contributed by atoms with Gasteiger partial charge in [-0.1, -0.05) is 30.3 Å². The second-order valence-corrected chi connectivity index (χ2v) is 6.54. The van der Waals surface area contributed by atoms with E-state index in [-0.39, 0.29) is 0 Å². The van der Waals surface area contributed by atoms with Crippen molar-refractivity contribution >= 4 is 5.69 Å². The molecular weight excluding hydrogens is 284 g/mol. The van der Waals surface area contributed by atoms with Crippen LogP contribution in [0.2, 0.25) is 0 Å². The minimum atomic E-state index is 0.392. The van der Waals surface area contributed by atoms with E-state index in [4.69, 9.17) is 4.74 Å². The van der Waals surface area contributed by atoms with Gasteiger partial charge in [0.05, 0.1) is 7.11 Å². The van der Waals surface area contributed by atoms with Crippen molar-refractivity contribution in [3.8, 4) is 5.75 Å². The monoisotopic (exact) mass is 310 g/mol. The molecule has 2 atom stereocenters. The summed E-state index contributed by atoms with van der Waals surface area (Å²) in [5, 5.41) is 3.73. The Hall–Kier alpha value is -2.00. The van der Waals surface area contributed by atoms with Crippen molar-refractivity contribution < 1.29 is 4.74 Å². The molecule has 3 heteroatoms. The number of anilines is 1. The van der Waals surface area contributed by atoms with Crippen molar-refractivity contribution in [3.63, 3.8) is 0 Å². The molecule has 1 aliphatic heterocycles. The third kappa shape index (κ3) is 3.50. The molecule has 0 saturated heterocycles. The Bertz CT molecular complexity index is 639. The van der Waals surface area contributed by atoms with Crippen molar-refractivity contribution in [2.45, 2.75) is 24.8 Å². The average molecular weight is 310 g/mol. The summed E-state index contributed by atoms with van der Waals surface area (Å²) in [6.45, 7) is 1.12. The van der Waals surface area contributed by atoms with E-state index in [9.17, 15) is 0 Å². The van der Waals surface area contributed by atoms with Crippen LogP contribution in [-0.2, 0) is 0 Å². The number of benzene rings is 2. The van der Waals surface area contributed by atoms with Crippen molar-refractivity contribution in [1.82, 2.24) is 4.90 Å². The third-order valence-corrected chi connectivity index (χ3v) is 4.62. The number of hydrogen-bond acceptors (Lipinski definition) is 3. The Morgan fingerprint density at radius 2 is 1.87 bits per heavy atom. The van der Waals surface area contributed by atoms with Crippen molar-refractivity contribution in [1.29, 1.82) is 0 Å². The van der Waals surface area contributed by atoms with Crippen LogP contribution in [0, 0.1) is 0 Å². The van der Waals surface area contributed by atoms with Gasteiger partial charge in [0.2, 0.25) is 0 Å². The second kappa shape index (κ2) is 7.05. The quantitative estimate of drug-likeness (QED) is 0.874. The van der Waals surface area contributed by atoms with Gasteiger partial charge in [0.15, 0.2) is 0 Å². The van der Waals surface area contributed by atoms with Gasteiger partial charge in [-0.3, -0.25) is 0 Å². The van der Waals surface area contributed by atoms with Crippen LogP contribution in [0.1, 0.15) is 29.9 Å². The first-order chi connectivity index (χ1) is 11.2. The topological polar surface area (TPSA) is 24.5 Å². The SMILES string of the molecule is COc1ccc2c(c1)C(c1ccccc1)C(CCCN(C)C)N2. The van der Waals surface area contributed by atoms with Crippen LogP contribution in [0.15, 0.2) is 48.5 Å². The highest BCUT2D eigenvalue weighted by Gasteiger charge is 2.33. The van der Waals surface area contributed by atoms with Gasteiger partial charge in [0.25, 0.3) is 0 Å². The molecule has 0 amide bonds. The standard InChI is InChI=1S/C20H26N2O/c1-22(2)13-7-10-19-20(15-8-5-4-6-9-15)17-14-16(23-3)11-12-18(17)21-19/h4-6,8-9,11-12,14,19-21H,7,10,13H2,1-3H3. The van der Waals surface area contributed by atoms with E-state index in [1.54, 1.807) is 7.11 Å². The molecule has 1 heterocycles. The van der Waals surface area contributed by atoms with E-state index >= 15 is 0 Å². The average Bonchev–Trinajstić information content (AvgIpc) is 2.92. The normalized spacial score (nSPS) is 19.5. The zero-order valence-corrected chi connectivity index (χ0v) is 14.3. The number of hydrogen-bond donors (Lipinski definition) is 1. The molecule has 1 aliphatic rings. The van der Waals surface area contributed by atoms with Gasteiger partial charge >= 0.3 is 0 Å². The molecule has 1 N–H and O–H groups in total. The maximum Gasteiger partial charge on any atom is 0.119 e. The Morgan fingerprint density at radius 3 is 2.57 bits per heavy atom. The van der Waals surface area contributed by atoms with Gasteiger partial charge in [-0.15, -0.1) is 0 Å². The molecule has 0 aliphatic carbocycles. The summed E-state index contributed by atoms with van der Waals surface area (Å²) >= 11 is 0. The Balaban J connectivity index is 1.88. The lowest BCUT2D eigenvalue weighted by Crippen LogP contribution is -2.23. The molecule has 122 valence electrons. The van der Waals surface area contributed by atoms with E-state index in [0.717, 1.165) is 18.7 Å². The molecule has 23 heavy (non-hydrogen) atoms. The number of rotatable bonds is 6. The van der Waals surface area contributed by atoms with E-state index in [1.165, 1.54) is 23.2 Å². The highest BCUT2D eigenvalue weighted by molar-refractivity contribution is 5.64. The van der Waals surface area contributed by atoms with Gasteiger partial charge < -0.3 is 15.0 Å². The van der Waals surface area contributed by atoms with E-state index in [1.807, 2.05) is 6.07 Å². The van der Waals surface area contributed by atoms with Crippen molar-refractivity contribution in [3.05, 3.63) is 59.7 Å². The first-order valence-corrected chi connectivity index (χ1v) is 8.33. The van der Waals surface area contributed by atoms with E-state index in [0.29, 0.717) is 12.0 Å². The van der Waals surface area contributed by atoms with Gasteiger partial charge in [0, 0.05) is 17.6 Å². The molecule has 0 fully saturated rings. The number of nitrogens with zero attached hydrogens (tertiary/aromatic N) is 1. The van der Waals surface area contributed by atoms with Crippen LogP contribution in [-0.4, -0.2) is 38.7 Å². The molecule has 0 spiro atoms. The predicted octanol–water partition coefficient (Wildman–Crippen LogP) is 3.96. The second-order valence-electron chi connectivity index (χ2n) is 6.54. The fourth-order valence-corrected chi connectivity index (χ4v) is 3.49. The number of ether oxygens (including phenoxy) is 1. The Morgan fingerprint density at radius 1 is 1.09 bits per heavy atom. The van der Waals surface area contributed by atoms with Crippen molar-refractivity contribution in [2.24, 2.45) is 0 Å². The molecule has 0 aromatic heterocycles. The summed E-state index contributed by atoms with van der Waals surface area (Å²) in [6.07, 6.45) is 2.36. The van der Waals surface area contributed by atoms with Gasteiger partial charge in [-0.05, 0) is 62.8 Å². The van der Waals surface area contributed by atoms with Gasteiger partial charge in [0.1, 0.15) is 5.75 Å². The summed E-state index contributed by atoms with van der Waals surface area (Å²) < 4.78 is 5.44. The Labute approximate surface area is 139 Å². The lowest BCUT2D eigenvalue weighted by molar-refractivity contribution is 0.385. The first kappa shape index (κ1) is 15.9. The first-order valence-electron chi connectivity index (χ1n) is 8.33. The van der Waals surface area contributed by atoms with Gasteiger partial charge in [-0.25, -0.2) is 0 Å². The Kier molecular flexibility index (Phi) is 4.87. The highest BCUT2D eigenvalue weighted by Crippen LogP contribution is 2.43. The maximum absolute atomic E-state index is 5.44. The lowest BCUT2D eigenvalue weighted by atomic mass is 9.86. The van der Waals surface area contributed by atoms with Crippen LogP contribution < -0.4 is 10.1 Å². The number of methoxy groups -OCH3 is 1. The summed E-state index contributed by atoms with van der Waals surface area (Å²) in [7, 11) is 6.00.